The zero-order chi connectivity index (χ0) is 11.4. The molecule has 0 saturated carbocycles. The highest BCUT2D eigenvalue weighted by atomic mass is 79.9. The summed E-state index contributed by atoms with van der Waals surface area (Å²) in [5.74, 6) is -0.438. The summed E-state index contributed by atoms with van der Waals surface area (Å²) in [7, 11) is 0. The summed E-state index contributed by atoms with van der Waals surface area (Å²) < 4.78 is 5.53. The highest BCUT2D eigenvalue weighted by Gasteiger charge is 2.17. The average molecular weight is 293 g/mol. The van der Waals surface area contributed by atoms with E-state index in [2.05, 4.69) is 15.9 Å². The molecule has 0 spiro atoms. The van der Waals surface area contributed by atoms with Crippen LogP contribution in [0.25, 0.3) is 0 Å². The predicted octanol–water partition coefficient (Wildman–Crippen LogP) is 2.67. The maximum absolute atomic E-state index is 11.3. The lowest BCUT2D eigenvalue weighted by Gasteiger charge is -2.11. The predicted molar refractivity (Wildman–Crippen MR) is 62.7 cm³/mol. The molecular weight excluding hydrogens is 281 g/mol. The van der Waals surface area contributed by atoms with Gasteiger partial charge >= 0.3 is 5.97 Å². The van der Waals surface area contributed by atoms with Crippen LogP contribution in [0, 0.1) is 0 Å². The van der Waals surface area contributed by atoms with E-state index in [0.29, 0.717) is 21.7 Å². The first kappa shape index (κ1) is 12.5. The van der Waals surface area contributed by atoms with Crippen LogP contribution in [0.3, 0.4) is 0 Å². The molecule has 5 heteroatoms. The van der Waals surface area contributed by atoms with E-state index in [1.165, 1.54) is 0 Å². The van der Waals surface area contributed by atoms with E-state index < -0.39 is 12.0 Å². The summed E-state index contributed by atoms with van der Waals surface area (Å²) in [6, 6.07) is 4.33. The Morgan fingerprint density at radius 1 is 1.67 bits per heavy atom. The van der Waals surface area contributed by atoms with Crippen molar-refractivity contribution in [3.05, 3.63) is 33.3 Å². The van der Waals surface area contributed by atoms with Crippen molar-refractivity contribution in [1.82, 2.24) is 0 Å². The van der Waals surface area contributed by atoms with Gasteiger partial charge in [-0.1, -0.05) is 17.7 Å². The van der Waals surface area contributed by atoms with Gasteiger partial charge in [0, 0.05) is 4.47 Å². The summed E-state index contributed by atoms with van der Waals surface area (Å²) in [4.78, 5) is 11.3. The first-order valence-electron chi connectivity index (χ1n) is 4.43. The van der Waals surface area contributed by atoms with Crippen LogP contribution >= 0.6 is 27.5 Å². The lowest BCUT2D eigenvalue weighted by molar-refractivity contribution is -0.144. The number of halogens is 2. The second-order valence-electron chi connectivity index (χ2n) is 2.90. The van der Waals surface area contributed by atoms with E-state index in [0.717, 1.165) is 0 Å². The van der Waals surface area contributed by atoms with Crippen LogP contribution in [0.1, 0.15) is 18.5 Å². The van der Waals surface area contributed by atoms with Crippen LogP contribution < -0.4 is 5.73 Å². The van der Waals surface area contributed by atoms with E-state index in [9.17, 15) is 4.79 Å². The SMILES string of the molecule is CCOC(=O)C(N)c1ccc(Cl)c(Br)c1. The molecule has 15 heavy (non-hydrogen) atoms. The number of rotatable bonds is 3. The van der Waals surface area contributed by atoms with Crippen LogP contribution in [0.4, 0.5) is 0 Å². The summed E-state index contributed by atoms with van der Waals surface area (Å²) in [6.45, 7) is 2.06. The second-order valence-corrected chi connectivity index (χ2v) is 4.16. The van der Waals surface area contributed by atoms with Crippen molar-refractivity contribution in [2.45, 2.75) is 13.0 Å². The Morgan fingerprint density at radius 3 is 2.87 bits per heavy atom. The number of esters is 1. The maximum atomic E-state index is 11.3. The third-order valence-electron chi connectivity index (χ3n) is 1.84. The van der Waals surface area contributed by atoms with Crippen molar-refractivity contribution in [2.24, 2.45) is 5.73 Å². The fourth-order valence-corrected chi connectivity index (χ4v) is 1.59. The Hall–Kier alpha value is -0.580. The second kappa shape index (κ2) is 5.49. The van der Waals surface area contributed by atoms with Gasteiger partial charge in [0.05, 0.1) is 11.6 Å². The number of ether oxygens (including phenoxy) is 1. The number of carbonyl (C=O) groups excluding carboxylic acids is 1. The van der Waals surface area contributed by atoms with E-state index in [1.54, 1.807) is 25.1 Å². The van der Waals surface area contributed by atoms with Crippen LogP contribution in [0.2, 0.25) is 5.02 Å². The van der Waals surface area contributed by atoms with E-state index in [4.69, 9.17) is 22.1 Å². The fraction of sp³-hybridized carbons (Fsp3) is 0.300. The monoisotopic (exact) mass is 291 g/mol. The van der Waals surface area contributed by atoms with E-state index >= 15 is 0 Å². The van der Waals surface area contributed by atoms with E-state index in [1.807, 2.05) is 0 Å². The first-order chi connectivity index (χ1) is 7.06. The minimum atomic E-state index is -0.765. The molecule has 1 aromatic rings. The largest absolute Gasteiger partial charge is 0.465 e. The van der Waals surface area contributed by atoms with Crippen LogP contribution in [0.5, 0.6) is 0 Å². The van der Waals surface area contributed by atoms with Gasteiger partial charge in [0.15, 0.2) is 0 Å². The van der Waals surface area contributed by atoms with Crippen molar-refractivity contribution < 1.29 is 9.53 Å². The van der Waals surface area contributed by atoms with Crippen molar-refractivity contribution in [3.63, 3.8) is 0 Å². The molecule has 2 N–H and O–H groups in total. The molecule has 0 aromatic heterocycles. The number of hydrogen-bond acceptors (Lipinski definition) is 3. The van der Waals surface area contributed by atoms with Gasteiger partial charge in [-0.15, -0.1) is 0 Å². The fourth-order valence-electron chi connectivity index (χ4n) is 1.07. The van der Waals surface area contributed by atoms with E-state index in [-0.39, 0.29) is 0 Å². The van der Waals surface area contributed by atoms with Crippen molar-refractivity contribution >= 4 is 33.5 Å². The van der Waals surface area contributed by atoms with Gasteiger partial charge in [0.1, 0.15) is 6.04 Å². The Bertz CT molecular complexity index is 370. The van der Waals surface area contributed by atoms with Crippen molar-refractivity contribution in [1.29, 1.82) is 0 Å². The van der Waals surface area contributed by atoms with Gasteiger partial charge in [0.2, 0.25) is 0 Å². The molecule has 0 fully saturated rings. The minimum Gasteiger partial charge on any atom is -0.465 e. The number of nitrogens with two attached hydrogens (primary N) is 1. The number of carbonyl (C=O) groups is 1. The maximum Gasteiger partial charge on any atom is 0.327 e. The highest BCUT2D eigenvalue weighted by Crippen LogP contribution is 2.25. The molecular formula is C10H11BrClNO2. The molecule has 1 aromatic carbocycles. The molecule has 0 amide bonds. The molecule has 3 nitrogen and oxygen atoms in total. The summed E-state index contributed by atoms with van der Waals surface area (Å²) in [5.41, 5.74) is 6.38. The third-order valence-corrected chi connectivity index (χ3v) is 3.06. The quantitative estimate of drug-likeness (QED) is 0.871. The summed E-state index contributed by atoms with van der Waals surface area (Å²) >= 11 is 9.09. The first-order valence-corrected chi connectivity index (χ1v) is 5.60. The molecule has 0 aliphatic rings. The molecule has 0 radical (unpaired) electrons. The van der Waals surface area contributed by atoms with Gasteiger partial charge < -0.3 is 10.5 Å². The van der Waals surface area contributed by atoms with Gasteiger partial charge in [0.25, 0.3) is 0 Å². The number of hydrogen-bond donors (Lipinski definition) is 1. The molecule has 0 bridgehead atoms. The normalized spacial score (nSPS) is 12.3. The lowest BCUT2D eigenvalue weighted by Crippen LogP contribution is -2.23. The Balaban J connectivity index is 2.86. The Labute approximate surface area is 102 Å². The summed E-state index contributed by atoms with van der Waals surface area (Å²) in [6.07, 6.45) is 0. The molecule has 1 rings (SSSR count). The van der Waals surface area contributed by atoms with Crippen molar-refractivity contribution in [3.8, 4) is 0 Å². The Kier molecular flexibility index (Phi) is 4.57. The smallest absolute Gasteiger partial charge is 0.327 e. The molecule has 0 heterocycles. The summed E-state index contributed by atoms with van der Waals surface area (Å²) in [5, 5.41) is 0.579. The van der Waals surface area contributed by atoms with Crippen LogP contribution in [-0.2, 0) is 9.53 Å². The van der Waals surface area contributed by atoms with Crippen LogP contribution in [0.15, 0.2) is 22.7 Å². The molecule has 1 unspecified atom stereocenters. The Morgan fingerprint density at radius 2 is 2.33 bits per heavy atom. The molecule has 0 aliphatic heterocycles. The van der Waals surface area contributed by atoms with Crippen molar-refractivity contribution in [2.75, 3.05) is 6.61 Å². The zero-order valence-corrected chi connectivity index (χ0v) is 10.5. The third kappa shape index (κ3) is 3.19. The number of benzene rings is 1. The zero-order valence-electron chi connectivity index (χ0n) is 8.17. The molecule has 82 valence electrons. The highest BCUT2D eigenvalue weighted by molar-refractivity contribution is 9.10. The molecule has 1 atom stereocenters. The lowest BCUT2D eigenvalue weighted by atomic mass is 10.1. The standard InChI is InChI=1S/C10H11BrClNO2/c1-2-15-10(14)9(13)6-3-4-8(12)7(11)5-6/h3-5,9H,2,13H2,1H3. The van der Waals surface area contributed by atoms with Gasteiger partial charge in [-0.25, -0.2) is 4.79 Å². The minimum absolute atomic E-state index is 0.321. The van der Waals surface area contributed by atoms with Gasteiger partial charge in [-0.05, 0) is 40.5 Å². The van der Waals surface area contributed by atoms with Crippen LogP contribution in [-0.4, -0.2) is 12.6 Å². The van der Waals surface area contributed by atoms with Gasteiger partial charge in [-0.2, -0.15) is 0 Å². The molecule has 0 saturated heterocycles. The molecule has 0 aliphatic carbocycles. The average Bonchev–Trinajstić information content (AvgIpc) is 2.21. The van der Waals surface area contributed by atoms with Gasteiger partial charge in [-0.3, -0.25) is 0 Å². The topological polar surface area (TPSA) is 52.3 Å².